The molecule has 0 fully saturated rings. The smallest absolute Gasteiger partial charge is 0.324 e. The summed E-state index contributed by atoms with van der Waals surface area (Å²) in [5.41, 5.74) is 1.93. The van der Waals surface area contributed by atoms with Crippen LogP contribution in [0.1, 0.15) is 0 Å². The molecule has 0 heterocycles. The Morgan fingerprint density at radius 1 is 1.29 bits per heavy atom. The molecule has 7 N–H and O–H groups in total. The van der Waals surface area contributed by atoms with Gasteiger partial charge in [0.2, 0.25) is 0 Å². The third kappa shape index (κ3) is 4.83. The van der Waals surface area contributed by atoms with Gasteiger partial charge in [-0.1, -0.05) is 0 Å². The van der Waals surface area contributed by atoms with Gasteiger partial charge < -0.3 is 25.0 Å². The number of aliphatic imine (C=N–C) groups is 1. The highest BCUT2D eigenvalue weighted by Gasteiger charge is 2.42. The Balaban J connectivity index is 4.69. The standard InChI is InChI=1S/C3H11N3O6P2/c4-6-2-5-1-3(13(7,8)9)14(10,11)12/h2-3H,1,4H2,(H,5,6)(H2,7,8,9)(H2,10,11,12). The van der Waals surface area contributed by atoms with Crippen molar-refractivity contribution in [3.8, 4) is 0 Å². The first-order valence-electron chi connectivity index (χ1n) is 3.24. The highest BCUT2D eigenvalue weighted by molar-refractivity contribution is 7.70. The summed E-state index contributed by atoms with van der Waals surface area (Å²) in [6.07, 6.45) is 0.873. The molecule has 0 radical (unpaired) electrons. The van der Waals surface area contributed by atoms with Crippen LogP contribution in [0.4, 0.5) is 0 Å². The van der Waals surface area contributed by atoms with Crippen LogP contribution in [0.15, 0.2) is 4.99 Å². The SMILES string of the molecule is NNC=NCC(P(=O)(O)O)P(=O)(O)O. The topological polar surface area (TPSA) is 165 Å². The Hall–Kier alpha value is -0.270. The third-order valence-electron chi connectivity index (χ3n) is 1.21. The van der Waals surface area contributed by atoms with Crippen molar-refractivity contribution in [2.24, 2.45) is 10.8 Å². The molecule has 0 aliphatic carbocycles. The van der Waals surface area contributed by atoms with Gasteiger partial charge in [-0.2, -0.15) is 0 Å². The zero-order valence-corrected chi connectivity index (χ0v) is 8.68. The molecule has 0 rings (SSSR count). The minimum atomic E-state index is -4.88. The van der Waals surface area contributed by atoms with Crippen LogP contribution in [0.3, 0.4) is 0 Å². The molecule has 9 nitrogen and oxygen atoms in total. The zero-order chi connectivity index (χ0) is 11.4. The van der Waals surface area contributed by atoms with Crippen LogP contribution in [0.25, 0.3) is 0 Å². The van der Waals surface area contributed by atoms with Crippen molar-refractivity contribution >= 4 is 21.5 Å². The van der Waals surface area contributed by atoms with Crippen molar-refractivity contribution in [1.82, 2.24) is 5.43 Å². The average Bonchev–Trinajstić information content (AvgIpc) is 1.92. The second kappa shape index (κ2) is 4.99. The Kier molecular flexibility index (Phi) is 4.90. The van der Waals surface area contributed by atoms with Crippen molar-refractivity contribution in [1.29, 1.82) is 0 Å². The first kappa shape index (κ1) is 13.7. The molecule has 0 amide bonds. The summed E-state index contributed by atoms with van der Waals surface area (Å²) in [6.45, 7) is -0.710. The highest BCUT2D eigenvalue weighted by atomic mass is 31.2. The molecule has 0 aliphatic rings. The van der Waals surface area contributed by atoms with E-state index >= 15 is 0 Å². The molecule has 0 atom stereocenters. The van der Waals surface area contributed by atoms with Crippen LogP contribution in [0.5, 0.6) is 0 Å². The quantitative estimate of drug-likeness (QED) is 0.108. The van der Waals surface area contributed by atoms with Gasteiger partial charge in [-0.05, 0) is 0 Å². The Labute approximate surface area is 79.3 Å². The van der Waals surface area contributed by atoms with Gasteiger partial charge >= 0.3 is 15.2 Å². The molecule has 0 saturated carbocycles. The fourth-order valence-electron chi connectivity index (χ4n) is 0.608. The molecule has 0 aromatic heterocycles. The number of hydrazine groups is 1. The van der Waals surface area contributed by atoms with E-state index in [4.69, 9.17) is 25.4 Å². The van der Waals surface area contributed by atoms with Crippen LogP contribution in [-0.2, 0) is 9.13 Å². The maximum atomic E-state index is 10.6. The van der Waals surface area contributed by atoms with E-state index in [-0.39, 0.29) is 0 Å². The molecule has 84 valence electrons. The van der Waals surface area contributed by atoms with Crippen molar-refractivity contribution in [2.45, 2.75) is 5.40 Å². The summed E-state index contributed by atoms with van der Waals surface area (Å²) < 4.78 is 21.3. The molecular weight excluding hydrogens is 236 g/mol. The molecular formula is C3H11N3O6P2. The lowest BCUT2D eigenvalue weighted by atomic mass is 10.8. The predicted octanol–water partition coefficient (Wildman–Crippen LogP) is -1.84. The summed E-state index contributed by atoms with van der Waals surface area (Å²) in [5, 5.41) is -2.13. The number of rotatable bonds is 5. The third-order valence-corrected chi connectivity index (χ3v) is 4.90. The minimum absolute atomic E-state index is 0.710. The number of nitrogens with two attached hydrogens (primary N) is 1. The van der Waals surface area contributed by atoms with Crippen molar-refractivity contribution in [2.75, 3.05) is 6.54 Å². The van der Waals surface area contributed by atoms with Gasteiger partial charge in [0.05, 0.1) is 12.9 Å². The largest absolute Gasteiger partial charge is 0.342 e. The van der Waals surface area contributed by atoms with Crippen LogP contribution in [0, 0.1) is 0 Å². The first-order chi connectivity index (χ1) is 6.19. The molecule has 14 heavy (non-hydrogen) atoms. The maximum Gasteiger partial charge on any atom is 0.342 e. The van der Waals surface area contributed by atoms with Crippen LogP contribution in [0.2, 0.25) is 0 Å². The monoisotopic (exact) mass is 247 g/mol. The summed E-state index contributed by atoms with van der Waals surface area (Å²) >= 11 is 0. The molecule has 0 aliphatic heterocycles. The zero-order valence-electron chi connectivity index (χ0n) is 6.89. The predicted molar refractivity (Wildman–Crippen MR) is 48.6 cm³/mol. The van der Waals surface area contributed by atoms with Gasteiger partial charge in [0.1, 0.15) is 0 Å². The summed E-state index contributed by atoms with van der Waals surface area (Å²) in [4.78, 5) is 37.7. The van der Waals surface area contributed by atoms with Crippen molar-refractivity contribution < 1.29 is 28.7 Å². The second-order valence-electron chi connectivity index (χ2n) is 2.32. The fraction of sp³-hybridized carbons (Fsp3) is 0.667. The van der Waals surface area contributed by atoms with Gasteiger partial charge in [-0.25, -0.2) is 5.84 Å². The Morgan fingerprint density at radius 2 is 1.71 bits per heavy atom. The van der Waals surface area contributed by atoms with Gasteiger partial charge in [0.25, 0.3) is 0 Å². The van der Waals surface area contributed by atoms with Gasteiger partial charge in [-0.3, -0.25) is 14.1 Å². The normalized spacial score (nSPS) is 13.9. The van der Waals surface area contributed by atoms with Gasteiger partial charge in [0, 0.05) is 0 Å². The lowest BCUT2D eigenvalue weighted by Crippen LogP contribution is -2.21. The van der Waals surface area contributed by atoms with Gasteiger partial charge in [-0.15, -0.1) is 0 Å². The van der Waals surface area contributed by atoms with E-state index in [1.165, 1.54) is 0 Å². The van der Waals surface area contributed by atoms with Crippen LogP contribution >= 0.6 is 15.2 Å². The molecule has 0 aromatic rings. The molecule has 0 bridgehead atoms. The molecule has 0 spiro atoms. The van der Waals surface area contributed by atoms with Gasteiger partial charge in [0.15, 0.2) is 5.40 Å². The minimum Gasteiger partial charge on any atom is -0.324 e. The molecule has 0 aromatic carbocycles. The number of hydrogen-bond acceptors (Lipinski definition) is 4. The Bertz CT molecular complexity index is 271. The van der Waals surface area contributed by atoms with E-state index in [0.29, 0.717) is 0 Å². The Morgan fingerprint density at radius 3 is 2.00 bits per heavy atom. The lowest BCUT2D eigenvalue weighted by Gasteiger charge is -2.17. The molecule has 0 saturated heterocycles. The number of nitrogens with one attached hydrogen (secondary N) is 1. The van der Waals surface area contributed by atoms with E-state index in [2.05, 4.69) is 4.99 Å². The van der Waals surface area contributed by atoms with Crippen molar-refractivity contribution in [3.63, 3.8) is 0 Å². The lowest BCUT2D eigenvalue weighted by molar-refractivity contribution is 0.339. The molecule has 0 unspecified atom stereocenters. The van der Waals surface area contributed by atoms with E-state index in [1.54, 1.807) is 0 Å². The fourth-order valence-corrected chi connectivity index (χ4v) is 2.79. The van der Waals surface area contributed by atoms with E-state index < -0.39 is 27.1 Å². The van der Waals surface area contributed by atoms with E-state index in [0.717, 1.165) is 6.34 Å². The molecule has 11 heteroatoms. The second-order valence-corrected chi connectivity index (χ2v) is 6.33. The average molecular weight is 247 g/mol. The number of hydrogen-bond donors (Lipinski definition) is 6. The summed E-state index contributed by atoms with van der Waals surface area (Å²) in [6, 6.07) is 0. The number of nitrogens with zero attached hydrogens (tertiary/aromatic N) is 1. The van der Waals surface area contributed by atoms with E-state index in [1.807, 2.05) is 5.43 Å². The highest BCUT2D eigenvalue weighted by Crippen LogP contribution is 2.59. The van der Waals surface area contributed by atoms with Crippen LogP contribution < -0.4 is 11.3 Å². The van der Waals surface area contributed by atoms with Crippen LogP contribution in [-0.4, -0.2) is 37.9 Å². The first-order valence-corrected chi connectivity index (χ1v) is 6.60. The van der Waals surface area contributed by atoms with E-state index in [9.17, 15) is 9.13 Å². The summed E-state index contributed by atoms with van der Waals surface area (Å²) in [7, 11) is -9.77. The maximum absolute atomic E-state index is 10.6. The summed E-state index contributed by atoms with van der Waals surface area (Å²) in [5.74, 6) is 4.75. The van der Waals surface area contributed by atoms with Crippen molar-refractivity contribution in [3.05, 3.63) is 0 Å².